The van der Waals surface area contributed by atoms with Crippen molar-refractivity contribution in [1.29, 1.82) is 0 Å². The van der Waals surface area contributed by atoms with Gasteiger partial charge in [0.15, 0.2) is 0 Å². The molecule has 10 nitrogen and oxygen atoms in total. The number of thiophene rings is 1. The molecule has 0 saturated heterocycles. The van der Waals surface area contributed by atoms with E-state index in [2.05, 4.69) is 10.3 Å². The van der Waals surface area contributed by atoms with E-state index in [-0.39, 0.29) is 21.0 Å². The molecule has 0 aliphatic rings. The third-order valence-electron chi connectivity index (χ3n) is 4.51. The molecule has 4 aromatic rings. The molecule has 2 amide bonds. The number of sulfonamides is 1. The molecule has 4 rings (SSSR count). The van der Waals surface area contributed by atoms with Gasteiger partial charge in [0.1, 0.15) is 4.21 Å². The minimum Gasteiger partial charge on any atom is -0.399 e. The number of aromatic amines is 1. The molecule has 0 aliphatic carbocycles. The molecule has 32 heavy (non-hydrogen) atoms. The molecule has 0 aliphatic heterocycles. The van der Waals surface area contributed by atoms with Gasteiger partial charge < -0.3 is 16.0 Å². The summed E-state index contributed by atoms with van der Waals surface area (Å²) in [6.07, 6.45) is 0. The van der Waals surface area contributed by atoms with Gasteiger partial charge in [-0.1, -0.05) is 0 Å². The Kier molecular flexibility index (Phi) is 5.32. The number of nitrogens with zero attached hydrogens (tertiary/aromatic N) is 1. The minimum absolute atomic E-state index is 0.0251. The zero-order valence-corrected chi connectivity index (χ0v) is 18.2. The van der Waals surface area contributed by atoms with Crippen molar-refractivity contribution >= 4 is 49.7 Å². The summed E-state index contributed by atoms with van der Waals surface area (Å²) in [5, 5.41) is 2.69. The lowest BCUT2D eigenvalue weighted by Gasteiger charge is -2.10. The first-order valence-electron chi connectivity index (χ1n) is 9.19. The Labute approximate surface area is 185 Å². The van der Waals surface area contributed by atoms with Crippen LogP contribution in [0.25, 0.3) is 16.6 Å². The highest BCUT2D eigenvalue weighted by molar-refractivity contribution is 7.92. The monoisotopic (exact) mass is 471 g/mol. The average molecular weight is 472 g/mol. The summed E-state index contributed by atoms with van der Waals surface area (Å²) in [5.41, 5.74) is 5.79. The van der Waals surface area contributed by atoms with Crippen LogP contribution in [0.15, 0.2) is 68.4 Å². The van der Waals surface area contributed by atoms with Crippen molar-refractivity contribution in [3.8, 4) is 5.69 Å². The largest absolute Gasteiger partial charge is 0.399 e. The molecule has 0 radical (unpaired) electrons. The molecule has 0 spiro atoms. The Morgan fingerprint density at radius 3 is 2.44 bits per heavy atom. The average Bonchev–Trinajstić information content (AvgIpc) is 3.16. The molecular formula is C20H17N5O5S2. The van der Waals surface area contributed by atoms with E-state index in [1.807, 2.05) is 4.72 Å². The fraction of sp³-hybridized carbons (Fsp3) is 0.0500. The van der Waals surface area contributed by atoms with Crippen molar-refractivity contribution in [3.05, 3.63) is 80.3 Å². The second-order valence-corrected chi connectivity index (χ2v) is 10.0. The molecule has 5 N–H and O–H groups in total. The molecule has 0 atom stereocenters. The van der Waals surface area contributed by atoms with Gasteiger partial charge in [-0.25, -0.2) is 27.3 Å². The highest BCUT2D eigenvalue weighted by Crippen LogP contribution is 2.20. The lowest BCUT2D eigenvalue weighted by atomic mass is 10.2. The van der Waals surface area contributed by atoms with E-state index in [9.17, 15) is 22.8 Å². The van der Waals surface area contributed by atoms with Crippen LogP contribution in [-0.2, 0) is 10.0 Å². The van der Waals surface area contributed by atoms with Crippen LogP contribution in [0.1, 0.15) is 4.88 Å². The number of urea groups is 1. The first kappa shape index (κ1) is 21.3. The van der Waals surface area contributed by atoms with E-state index in [0.29, 0.717) is 11.2 Å². The molecule has 2 aromatic carbocycles. The van der Waals surface area contributed by atoms with Crippen molar-refractivity contribution in [2.24, 2.45) is 0 Å². The Hall–Kier alpha value is -3.90. The van der Waals surface area contributed by atoms with Crippen LogP contribution < -0.4 is 27.0 Å². The maximum absolute atomic E-state index is 12.8. The van der Waals surface area contributed by atoms with Crippen molar-refractivity contribution in [3.63, 3.8) is 0 Å². The summed E-state index contributed by atoms with van der Waals surface area (Å²) >= 11 is 1.04. The molecule has 0 unspecified atom stereocenters. The molecule has 12 heteroatoms. The maximum Gasteiger partial charge on any atom is 0.333 e. The number of H-pyrrole nitrogens is 1. The predicted molar refractivity (Wildman–Crippen MR) is 123 cm³/mol. The molecular weight excluding hydrogens is 454 g/mol. The first-order valence-corrected chi connectivity index (χ1v) is 11.5. The zero-order chi connectivity index (χ0) is 23.0. The number of carbonyl (C=O) groups is 1. The molecule has 2 aromatic heterocycles. The van der Waals surface area contributed by atoms with E-state index >= 15 is 0 Å². The number of aromatic nitrogens is 2. The van der Waals surface area contributed by atoms with Crippen LogP contribution in [-0.4, -0.2) is 24.0 Å². The SMILES string of the molecule is Cc1ccc(S(=O)(=O)NC(=O)Nc2ccc(-n3c(=O)[nH]c4cc(N)ccc4c3=O)cc2)s1. The number of amides is 2. The number of rotatable bonds is 4. The number of hydrogen-bond acceptors (Lipinski definition) is 7. The Bertz CT molecular complexity index is 1570. The number of benzene rings is 2. The second kappa shape index (κ2) is 7.98. The number of anilines is 2. The van der Waals surface area contributed by atoms with Gasteiger partial charge in [0, 0.05) is 16.3 Å². The van der Waals surface area contributed by atoms with E-state index in [4.69, 9.17) is 5.73 Å². The maximum atomic E-state index is 12.8. The molecule has 2 heterocycles. The fourth-order valence-electron chi connectivity index (χ4n) is 3.05. The summed E-state index contributed by atoms with van der Waals surface area (Å²) in [6, 6.07) is 12.5. The van der Waals surface area contributed by atoms with Crippen molar-refractivity contribution in [1.82, 2.24) is 14.3 Å². The topological polar surface area (TPSA) is 156 Å². The number of carbonyl (C=O) groups excluding carboxylic acids is 1. The van der Waals surface area contributed by atoms with Gasteiger partial charge in [-0.05, 0) is 61.5 Å². The third kappa shape index (κ3) is 4.13. The molecule has 164 valence electrons. The van der Waals surface area contributed by atoms with Gasteiger partial charge in [-0.3, -0.25) is 4.79 Å². The van der Waals surface area contributed by atoms with Gasteiger partial charge in [0.2, 0.25) is 0 Å². The summed E-state index contributed by atoms with van der Waals surface area (Å²) in [7, 11) is -3.99. The number of fused-ring (bicyclic) bond motifs is 1. The third-order valence-corrected chi connectivity index (χ3v) is 7.34. The van der Waals surface area contributed by atoms with Crippen molar-refractivity contribution < 1.29 is 13.2 Å². The van der Waals surface area contributed by atoms with Gasteiger partial charge in [0.25, 0.3) is 15.6 Å². The number of aryl methyl sites for hydroxylation is 1. The lowest BCUT2D eigenvalue weighted by molar-refractivity contribution is 0.256. The molecule has 0 fully saturated rings. The summed E-state index contributed by atoms with van der Waals surface area (Å²) in [6.45, 7) is 1.76. The van der Waals surface area contributed by atoms with Crippen molar-refractivity contribution in [2.75, 3.05) is 11.1 Å². The normalized spacial score (nSPS) is 11.4. The Balaban J connectivity index is 1.56. The number of nitrogens with one attached hydrogen (secondary N) is 3. The Morgan fingerprint density at radius 1 is 1.06 bits per heavy atom. The number of nitrogen functional groups attached to an aromatic ring is 1. The van der Waals surface area contributed by atoms with Gasteiger partial charge in [0.05, 0.1) is 16.6 Å². The summed E-state index contributed by atoms with van der Waals surface area (Å²) in [5.74, 6) is 0. The van der Waals surface area contributed by atoms with E-state index in [1.165, 1.54) is 42.5 Å². The van der Waals surface area contributed by atoms with Gasteiger partial charge in [-0.15, -0.1) is 11.3 Å². The van der Waals surface area contributed by atoms with Crippen LogP contribution in [0.2, 0.25) is 0 Å². The van der Waals surface area contributed by atoms with Gasteiger partial charge in [-0.2, -0.15) is 0 Å². The minimum atomic E-state index is -3.99. The lowest BCUT2D eigenvalue weighted by Crippen LogP contribution is -2.34. The highest BCUT2D eigenvalue weighted by atomic mass is 32.2. The van der Waals surface area contributed by atoms with E-state index in [1.54, 1.807) is 19.1 Å². The fourth-order valence-corrected chi connectivity index (χ4v) is 5.24. The number of nitrogens with two attached hydrogens (primary N) is 1. The van der Waals surface area contributed by atoms with E-state index in [0.717, 1.165) is 20.8 Å². The van der Waals surface area contributed by atoms with Crippen LogP contribution in [0.5, 0.6) is 0 Å². The first-order chi connectivity index (χ1) is 15.1. The number of hydrogen-bond donors (Lipinski definition) is 4. The molecule has 0 bridgehead atoms. The molecule has 0 saturated carbocycles. The Morgan fingerprint density at radius 2 is 1.78 bits per heavy atom. The van der Waals surface area contributed by atoms with Crippen LogP contribution in [0.3, 0.4) is 0 Å². The van der Waals surface area contributed by atoms with Crippen LogP contribution in [0, 0.1) is 6.92 Å². The van der Waals surface area contributed by atoms with Crippen molar-refractivity contribution in [2.45, 2.75) is 11.1 Å². The summed E-state index contributed by atoms with van der Waals surface area (Å²) in [4.78, 5) is 40.7. The quantitative estimate of drug-likeness (QED) is 0.334. The second-order valence-electron chi connectivity index (χ2n) is 6.85. The van der Waals surface area contributed by atoms with Crippen LogP contribution in [0.4, 0.5) is 16.2 Å². The highest BCUT2D eigenvalue weighted by Gasteiger charge is 2.19. The van der Waals surface area contributed by atoms with E-state index < -0.39 is 27.3 Å². The smallest absolute Gasteiger partial charge is 0.333 e. The standard InChI is InChI=1S/C20H17N5O5S2/c1-11-2-9-17(31-11)32(29,30)24-19(27)22-13-4-6-14(7-5-13)25-18(26)15-8-3-12(21)10-16(15)23-20(25)28/h2-10H,21H2,1H3,(H,23,28)(H2,22,24,27). The van der Waals surface area contributed by atoms with Gasteiger partial charge >= 0.3 is 11.7 Å². The summed E-state index contributed by atoms with van der Waals surface area (Å²) < 4.78 is 27.4. The predicted octanol–water partition coefficient (Wildman–Crippen LogP) is 2.14. The van der Waals surface area contributed by atoms with Crippen LogP contribution >= 0.6 is 11.3 Å². The zero-order valence-electron chi connectivity index (χ0n) is 16.6.